The first kappa shape index (κ1) is 29.1. The standard InChI is InChI=1S/C32H36O8/c1-31(2,3)21-15-17(9-11-23(33)37-7)13-19-25(29(35)39-27(19)21)26-20-14-18(10-12-24(34)38-8)16-22(32(4,5)6)28(20)40-30(26)36/h13-16H,9-12H2,1-8H3/b26-25-. The molecular weight excluding hydrogens is 512 g/mol. The lowest BCUT2D eigenvalue weighted by Crippen LogP contribution is -2.14. The molecule has 2 aromatic rings. The second kappa shape index (κ2) is 10.6. The van der Waals surface area contributed by atoms with Crippen LogP contribution in [0.2, 0.25) is 0 Å². The van der Waals surface area contributed by atoms with Gasteiger partial charge in [0.25, 0.3) is 0 Å². The van der Waals surface area contributed by atoms with Gasteiger partial charge in [-0.15, -0.1) is 0 Å². The molecule has 0 bridgehead atoms. The van der Waals surface area contributed by atoms with Crippen molar-refractivity contribution in [2.24, 2.45) is 0 Å². The van der Waals surface area contributed by atoms with Crippen molar-refractivity contribution in [1.29, 1.82) is 0 Å². The minimum absolute atomic E-state index is 0.133. The third-order valence-corrected chi connectivity index (χ3v) is 7.19. The van der Waals surface area contributed by atoms with Crippen LogP contribution in [0, 0.1) is 0 Å². The summed E-state index contributed by atoms with van der Waals surface area (Å²) in [6, 6.07) is 7.48. The van der Waals surface area contributed by atoms with Crippen molar-refractivity contribution in [2.45, 2.75) is 78.1 Å². The van der Waals surface area contributed by atoms with Crippen molar-refractivity contribution >= 4 is 35.0 Å². The normalized spacial score (nSPS) is 16.3. The molecule has 2 aromatic carbocycles. The number of esters is 4. The predicted octanol–water partition coefficient (Wildman–Crippen LogP) is 5.24. The molecule has 2 aliphatic rings. The predicted molar refractivity (Wildman–Crippen MR) is 149 cm³/mol. The first-order valence-electron chi connectivity index (χ1n) is 13.3. The summed E-state index contributed by atoms with van der Waals surface area (Å²) < 4.78 is 21.3. The third kappa shape index (κ3) is 5.53. The molecule has 0 amide bonds. The molecule has 40 heavy (non-hydrogen) atoms. The molecule has 0 aliphatic carbocycles. The molecule has 2 aliphatic heterocycles. The monoisotopic (exact) mass is 548 g/mol. The van der Waals surface area contributed by atoms with Gasteiger partial charge in [-0.25, -0.2) is 9.59 Å². The minimum Gasteiger partial charge on any atom is -0.469 e. The molecule has 0 spiro atoms. The summed E-state index contributed by atoms with van der Waals surface area (Å²) >= 11 is 0. The SMILES string of the molecule is COC(=O)CCc1cc2c(c(C(C)(C)C)c1)OC(=O)/C2=C1\C(=O)Oc2c1cc(CCC(=O)OC)cc2C(C)(C)C. The van der Waals surface area contributed by atoms with E-state index in [4.69, 9.17) is 18.9 Å². The average molecular weight is 549 g/mol. The highest BCUT2D eigenvalue weighted by molar-refractivity contribution is 6.41. The first-order chi connectivity index (χ1) is 18.6. The van der Waals surface area contributed by atoms with Crippen LogP contribution in [0.4, 0.5) is 0 Å². The lowest BCUT2D eigenvalue weighted by atomic mass is 9.81. The molecule has 2 heterocycles. The maximum atomic E-state index is 13.5. The van der Waals surface area contributed by atoms with Gasteiger partial charge in [0, 0.05) is 35.1 Å². The van der Waals surface area contributed by atoms with Gasteiger partial charge in [0.2, 0.25) is 0 Å². The summed E-state index contributed by atoms with van der Waals surface area (Å²) in [5.41, 5.74) is 3.71. The molecule has 8 nitrogen and oxygen atoms in total. The second-order valence-electron chi connectivity index (χ2n) is 12.2. The number of benzene rings is 2. The van der Waals surface area contributed by atoms with Crippen LogP contribution in [0.15, 0.2) is 24.3 Å². The van der Waals surface area contributed by atoms with E-state index in [-0.39, 0.29) is 46.8 Å². The molecule has 4 rings (SSSR count). The number of methoxy groups -OCH3 is 2. The van der Waals surface area contributed by atoms with Gasteiger partial charge < -0.3 is 18.9 Å². The minimum atomic E-state index is -0.636. The summed E-state index contributed by atoms with van der Waals surface area (Å²) in [5, 5.41) is 0. The van der Waals surface area contributed by atoms with E-state index in [0.717, 1.165) is 22.3 Å². The molecule has 0 saturated carbocycles. The molecule has 0 fully saturated rings. The Kier molecular flexibility index (Phi) is 7.67. The van der Waals surface area contributed by atoms with Gasteiger partial charge in [0.1, 0.15) is 11.5 Å². The topological polar surface area (TPSA) is 105 Å². The summed E-state index contributed by atoms with van der Waals surface area (Å²) in [4.78, 5) is 50.7. The van der Waals surface area contributed by atoms with Crippen LogP contribution >= 0.6 is 0 Å². The van der Waals surface area contributed by atoms with Gasteiger partial charge in [-0.2, -0.15) is 0 Å². The maximum absolute atomic E-state index is 13.5. The smallest absolute Gasteiger partial charge is 0.345 e. The van der Waals surface area contributed by atoms with Crippen molar-refractivity contribution in [1.82, 2.24) is 0 Å². The molecule has 0 N–H and O–H groups in total. The molecule has 0 unspecified atom stereocenters. The summed E-state index contributed by atoms with van der Waals surface area (Å²) in [6.45, 7) is 12.0. The van der Waals surface area contributed by atoms with Gasteiger partial charge in [0.05, 0.1) is 25.4 Å². The van der Waals surface area contributed by atoms with Crippen LogP contribution in [0.3, 0.4) is 0 Å². The Labute approximate surface area is 234 Å². The van der Waals surface area contributed by atoms with E-state index in [9.17, 15) is 19.2 Å². The molecule has 0 saturated heterocycles. The highest BCUT2D eigenvalue weighted by Crippen LogP contribution is 2.50. The third-order valence-electron chi connectivity index (χ3n) is 7.19. The number of aryl methyl sites for hydroxylation is 2. The number of fused-ring (bicyclic) bond motifs is 2. The largest absolute Gasteiger partial charge is 0.469 e. The molecule has 0 aromatic heterocycles. The Bertz CT molecular complexity index is 1340. The van der Waals surface area contributed by atoms with Crippen LogP contribution in [-0.2, 0) is 52.3 Å². The molecule has 212 valence electrons. The van der Waals surface area contributed by atoms with Gasteiger partial charge in [-0.05, 0) is 46.9 Å². The number of carbonyl (C=O) groups is 4. The van der Waals surface area contributed by atoms with Gasteiger partial charge in [0.15, 0.2) is 0 Å². The average Bonchev–Trinajstić information content (AvgIpc) is 3.37. The van der Waals surface area contributed by atoms with E-state index in [0.29, 0.717) is 35.5 Å². The lowest BCUT2D eigenvalue weighted by molar-refractivity contribution is -0.141. The Morgan fingerprint density at radius 1 is 0.650 bits per heavy atom. The Hall–Kier alpha value is -3.94. The van der Waals surface area contributed by atoms with Crippen LogP contribution in [-0.4, -0.2) is 38.1 Å². The van der Waals surface area contributed by atoms with E-state index in [1.165, 1.54) is 14.2 Å². The van der Waals surface area contributed by atoms with Crippen LogP contribution in [0.1, 0.15) is 87.8 Å². The molecule has 0 radical (unpaired) electrons. The van der Waals surface area contributed by atoms with Crippen LogP contribution < -0.4 is 9.47 Å². The van der Waals surface area contributed by atoms with Crippen molar-refractivity contribution in [3.05, 3.63) is 57.6 Å². The fourth-order valence-corrected chi connectivity index (χ4v) is 5.05. The van der Waals surface area contributed by atoms with Crippen LogP contribution in [0.25, 0.3) is 11.1 Å². The summed E-state index contributed by atoms with van der Waals surface area (Å²) in [5.74, 6) is -1.15. The molecule has 8 heteroatoms. The maximum Gasteiger partial charge on any atom is 0.345 e. The Morgan fingerprint density at radius 2 is 1.00 bits per heavy atom. The fourth-order valence-electron chi connectivity index (χ4n) is 5.05. The number of hydrogen-bond acceptors (Lipinski definition) is 8. The summed E-state index contributed by atoms with van der Waals surface area (Å²) in [7, 11) is 2.68. The number of ether oxygens (including phenoxy) is 4. The molecular formula is C32H36O8. The summed E-state index contributed by atoms with van der Waals surface area (Å²) in [6.07, 6.45) is 1.13. The lowest BCUT2D eigenvalue weighted by Gasteiger charge is -2.22. The zero-order chi connectivity index (χ0) is 29.6. The van der Waals surface area contributed by atoms with Crippen molar-refractivity contribution in [3.63, 3.8) is 0 Å². The van der Waals surface area contributed by atoms with Crippen molar-refractivity contribution < 1.29 is 38.1 Å². The van der Waals surface area contributed by atoms with E-state index < -0.39 is 11.9 Å². The van der Waals surface area contributed by atoms with Gasteiger partial charge in [-0.3, -0.25) is 9.59 Å². The van der Waals surface area contributed by atoms with E-state index in [1.807, 2.05) is 53.7 Å². The van der Waals surface area contributed by atoms with Gasteiger partial charge in [-0.1, -0.05) is 53.7 Å². The Morgan fingerprint density at radius 3 is 1.30 bits per heavy atom. The van der Waals surface area contributed by atoms with Crippen molar-refractivity contribution in [2.75, 3.05) is 14.2 Å². The van der Waals surface area contributed by atoms with E-state index >= 15 is 0 Å². The fraction of sp³-hybridized carbons (Fsp3) is 0.438. The van der Waals surface area contributed by atoms with Crippen LogP contribution in [0.5, 0.6) is 11.5 Å². The Balaban J connectivity index is 1.96. The number of rotatable bonds is 6. The zero-order valence-electron chi connectivity index (χ0n) is 24.4. The zero-order valence-corrected chi connectivity index (χ0v) is 24.4. The number of hydrogen-bond donors (Lipinski definition) is 0. The highest BCUT2D eigenvalue weighted by atomic mass is 16.6. The second-order valence-corrected chi connectivity index (χ2v) is 12.2. The number of carbonyl (C=O) groups excluding carboxylic acids is 4. The van der Waals surface area contributed by atoms with Gasteiger partial charge >= 0.3 is 23.9 Å². The quantitative estimate of drug-likeness (QED) is 0.274. The highest BCUT2D eigenvalue weighted by Gasteiger charge is 2.42. The van der Waals surface area contributed by atoms with Crippen molar-refractivity contribution in [3.8, 4) is 11.5 Å². The first-order valence-corrected chi connectivity index (χ1v) is 13.3. The molecule has 0 atom stereocenters. The van der Waals surface area contributed by atoms with E-state index in [2.05, 4.69) is 0 Å². The van der Waals surface area contributed by atoms with E-state index in [1.54, 1.807) is 12.1 Å².